The van der Waals surface area contributed by atoms with Crippen LogP contribution in [-0.2, 0) is 16.0 Å². The van der Waals surface area contributed by atoms with Gasteiger partial charge in [0, 0.05) is 3.57 Å². The molecule has 1 aliphatic carbocycles. The lowest BCUT2D eigenvalue weighted by Gasteiger charge is -2.26. The molecule has 94 valence electrons. The quantitative estimate of drug-likeness (QED) is 0.472. The van der Waals surface area contributed by atoms with E-state index < -0.39 is 5.41 Å². The molecule has 0 saturated heterocycles. The van der Waals surface area contributed by atoms with Crippen LogP contribution in [0.2, 0.25) is 0 Å². The molecular formula is C15H15IO2. The van der Waals surface area contributed by atoms with E-state index in [1.54, 1.807) is 0 Å². The minimum atomic E-state index is -0.645. The zero-order chi connectivity index (χ0) is 13.0. The number of allylic oxidation sites excluding steroid dienone is 2. The normalized spacial score (nSPS) is 16.6. The number of esters is 1. The summed E-state index contributed by atoms with van der Waals surface area (Å²) >= 11 is 2.30. The summed E-state index contributed by atoms with van der Waals surface area (Å²) in [6, 6.07) is 8.11. The van der Waals surface area contributed by atoms with Gasteiger partial charge in [-0.15, -0.1) is 0 Å². The molecule has 0 spiro atoms. The summed E-state index contributed by atoms with van der Waals surface area (Å²) in [5, 5.41) is 0. The first-order chi connectivity index (χ1) is 8.68. The Bertz CT molecular complexity index is 491. The lowest BCUT2D eigenvalue weighted by Crippen LogP contribution is -2.32. The zero-order valence-electron chi connectivity index (χ0n) is 10.2. The number of benzene rings is 1. The van der Waals surface area contributed by atoms with Gasteiger partial charge in [-0.05, 0) is 47.1 Å². The predicted molar refractivity (Wildman–Crippen MR) is 80.2 cm³/mol. The summed E-state index contributed by atoms with van der Waals surface area (Å²) < 4.78 is 6.13. The summed E-state index contributed by atoms with van der Waals surface area (Å²) in [4.78, 5) is 12.1. The Labute approximate surface area is 121 Å². The number of carbonyl (C=O) groups excluding carboxylic acids is 1. The molecule has 0 N–H and O–H groups in total. The maximum Gasteiger partial charge on any atom is 0.319 e. The molecule has 1 aromatic rings. The Morgan fingerprint density at radius 2 is 2.00 bits per heavy atom. The highest BCUT2D eigenvalue weighted by molar-refractivity contribution is 14.1. The predicted octanol–water partition coefficient (Wildman–Crippen LogP) is 3.51. The van der Waals surface area contributed by atoms with Crippen LogP contribution in [-0.4, -0.2) is 13.1 Å². The summed E-state index contributed by atoms with van der Waals surface area (Å²) in [6.45, 7) is 0. The summed E-state index contributed by atoms with van der Waals surface area (Å²) in [6.07, 6.45) is 9.49. The van der Waals surface area contributed by atoms with Gasteiger partial charge in [0.05, 0.1) is 7.11 Å². The molecular weight excluding hydrogens is 339 g/mol. The molecule has 0 unspecified atom stereocenters. The number of hydrogen-bond donors (Lipinski definition) is 0. The minimum absolute atomic E-state index is 0.200. The monoisotopic (exact) mass is 354 g/mol. The van der Waals surface area contributed by atoms with Gasteiger partial charge in [0.15, 0.2) is 0 Å². The average Bonchev–Trinajstić information content (AvgIpc) is 2.41. The van der Waals surface area contributed by atoms with Crippen LogP contribution in [0.3, 0.4) is 0 Å². The number of ether oxygens (including phenoxy) is 1. The van der Waals surface area contributed by atoms with E-state index in [2.05, 4.69) is 34.7 Å². The van der Waals surface area contributed by atoms with E-state index in [0.29, 0.717) is 6.42 Å². The molecule has 0 aliphatic heterocycles. The molecule has 0 fully saturated rings. The minimum Gasteiger partial charge on any atom is -0.468 e. The fraction of sp³-hybridized carbons (Fsp3) is 0.267. The molecule has 0 saturated carbocycles. The third-order valence-electron chi connectivity index (χ3n) is 3.11. The van der Waals surface area contributed by atoms with Crippen LogP contribution in [0.1, 0.15) is 12.0 Å². The Kier molecular flexibility index (Phi) is 4.22. The van der Waals surface area contributed by atoms with Crippen LogP contribution in [0, 0.1) is 8.99 Å². The maximum absolute atomic E-state index is 12.1. The highest BCUT2D eigenvalue weighted by atomic mass is 127. The summed E-state index contributed by atoms with van der Waals surface area (Å²) in [7, 11) is 1.44. The van der Waals surface area contributed by atoms with Crippen molar-refractivity contribution in [3.63, 3.8) is 0 Å². The van der Waals surface area contributed by atoms with Crippen molar-refractivity contribution in [2.24, 2.45) is 5.41 Å². The van der Waals surface area contributed by atoms with Gasteiger partial charge in [0.1, 0.15) is 5.41 Å². The van der Waals surface area contributed by atoms with Crippen LogP contribution in [0.4, 0.5) is 0 Å². The van der Waals surface area contributed by atoms with Crippen molar-refractivity contribution in [3.8, 4) is 0 Å². The van der Waals surface area contributed by atoms with Gasteiger partial charge in [0.25, 0.3) is 0 Å². The Morgan fingerprint density at radius 3 is 2.61 bits per heavy atom. The van der Waals surface area contributed by atoms with Crippen molar-refractivity contribution in [1.29, 1.82) is 0 Å². The van der Waals surface area contributed by atoms with Crippen LogP contribution in [0.15, 0.2) is 48.6 Å². The number of rotatable bonds is 3. The molecule has 1 aliphatic rings. The van der Waals surface area contributed by atoms with Crippen LogP contribution in [0.25, 0.3) is 0 Å². The first kappa shape index (κ1) is 13.3. The van der Waals surface area contributed by atoms with Crippen molar-refractivity contribution < 1.29 is 9.53 Å². The second kappa shape index (κ2) is 5.69. The fourth-order valence-corrected chi connectivity index (χ4v) is 2.74. The molecule has 0 radical (unpaired) electrons. The Morgan fingerprint density at radius 1 is 1.33 bits per heavy atom. The van der Waals surface area contributed by atoms with Crippen LogP contribution < -0.4 is 0 Å². The molecule has 0 heterocycles. The van der Waals surface area contributed by atoms with Crippen molar-refractivity contribution in [1.82, 2.24) is 0 Å². The standard InChI is InChI=1S/C15H15IO2/c1-18-14(17)15(9-5-2-6-10-15)11-12-7-3-4-8-13(12)16/h3-10H,2,11H2,1H3. The average molecular weight is 354 g/mol. The van der Waals surface area contributed by atoms with Crippen molar-refractivity contribution in [2.45, 2.75) is 12.8 Å². The third kappa shape index (κ3) is 2.66. The topological polar surface area (TPSA) is 26.3 Å². The van der Waals surface area contributed by atoms with Crippen molar-refractivity contribution in [3.05, 3.63) is 57.7 Å². The maximum atomic E-state index is 12.1. The second-order valence-electron chi connectivity index (χ2n) is 4.34. The summed E-state index contributed by atoms with van der Waals surface area (Å²) in [5.74, 6) is -0.200. The molecule has 18 heavy (non-hydrogen) atoms. The zero-order valence-corrected chi connectivity index (χ0v) is 12.4. The SMILES string of the molecule is COC(=O)C1(Cc2ccccc2I)C=CCC=C1. The van der Waals surface area contributed by atoms with Crippen molar-refractivity contribution >= 4 is 28.6 Å². The molecule has 0 bridgehead atoms. The third-order valence-corrected chi connectivity index (χ3v) is 4.16. The van der Waals surface area contributed by atoms with Gasteiger partial charge in [-0.1, -0.05) is 42.5 Å². The number of carbonyl (C=O) groups is 1. The van der Waals surface area contributed by atoms with Crippen LogP contribution in [0.5, 0.6) is 0 Å². The van der Waals surface area contributed by atoms with Gasteiger partial charge >= 0.3 is 5.97 Å². The Hall–Kier alpha value is -1.10. The lowest BCUT2D eigenvalue weighted by molar-refractivity contribution is -0.147. The largest absolute Gasteiger partial charge is 0.468 e. The highest BCUT2D eigenvalue weighted by Gasteiger charge is 2.35. The summed E-state index contributed by atoms with van der Waals surface area (Å²) in [5.41, 5.74) is 0.522. The van der Waals surface area contributed by atoms with E-state index in [4.69, 9.17) is 4.74 Å². The Balaban J connectivity index is 2.35. The molecule has 0 amide bonds. The van der Waals surface area contributed by atoms with Gasteiger partial charge < -0.3 is 4.74 Å². The van der Waals surface area contributed by atoms with E-state index in [-0.39, 0.29) is 5.97 Å². The van der Waals surface area contributed by atoms with Crippen LogP contribution >= 0.6 is 22.6 Å². The molecule has 3 heteroatoms. The number of hydrogen-bond acceptors (Lipinski definition) is 2. The molecule has 2 nitrogen and oxygen atoms in total. The van der Waals surface area contributed by atoms with E-state index in [1.165, 1.54) is 16.2 Å². The van der Waals surface area contributed by atoms with Gasteiger partial charge in [-0.3, -0.25) is 4.79 Å². The number of methoxy groups -OCH3 is 1. The van der Waals surface area contributed by atoms with Gasteiger partial charge in [0.2, 0.25) is 0 Å². The second-order valence-corrected chi connectivity index (χ2v) is 5.50. The first-order valence-corrected chi connectivity index (χ1v) is 6.93. The van der Waals surface area contributed by atoms with Crippen molar-refractivity contribution in [2.75, 3.05) is 7.11 Å². The van der Waals surface area contributed by atoms with Gasteiger partial charge in [-0.25, -0.2) is 0 Å². The molecule has 2 rings (SSSR count). The van der Waals surface area contributed by atoms with Gasteiger partial charge in [-0.2, -0.15) is 0 Å². The number of halogens is 1. The first-order valence-electron chi connectivity index (χ1n) is 5.85. The highest BCUT2D eigenvalue weighted by Crippen LogP contribution is 2.32. The van der Waals surface area contributed by atoms with E-state index in [9.17, 15) is 4.79 Å². The molecule has 0 aromatic heterocycles. The molecule has 0 atom stereocenters. The smallest absolute Gasteiger partial charge is 0.319 e. The molecule has 1 aromatic carbocycles. The lowest BCUT2D eigenvalue weighted by atomic mass is 9.78. The van der Waals surface area contributed by atoms with E-state index >= 15 is 0 Å². The van der Waals surface area contributed by atoms with E-state index in [0.717, 1.165) is 6.42 Å². The fourth-order valence-electron chi connectivity index (χ4n) is 2.16. The van der Waals surface area contributed by atoms with E-state index in [1.807, 2.05) is 36.4 Å².